The first kappa shape index (κ1) is 17.0. The van der Waals surface area contributed by atoms with Crippen molar-refractivity contribution in [3.8, 4) is 11.5 Å². The molecule has 1 aromatic rings. The quantitative estimate of drug-likeness (QED) is 0.881. The molecule has 2 saturated heterocycles. The van der Waals surface area contributed by atoms with E-state index in [9.17, 15) is 9.90 Å². The molecule has 132 valence electrons. The third kappa shape index (κ3) is 3.65. The van der Waals surface area contributed by atoms with Gasteiger partial charge in [0.1, 0.15) is 11.5 Å². The summed E-state index contributed by atoms with van der Waals surface area (Å²) in [6.45, 7) is 3.69. The Hall–Kier alpha value is -1.79. The molecule has 0 aromatic heterocycles. The number of likely N-dealkylation sites (tertiary alicyclic amines) is 2. The van der Waals surface area contributed by atoms with E-state index in [0.717, 1.165) is 13.1 Å². The minimum atomic E-state index is -0.803. The molecule has 1 unspecified atom stereocenters. The van der Waals surface area contributed by atoms with Crippen LogP contribution in [0.2, 0.25) is 0 Å². The van der Waals surface area contributed by atoms with Crippen molar-refractivity contribution in [2.24, 2.45) is 0 Å². The zero-order valence-corrected chi connectivity index (χ0v) is 14.5. The van der Waals surface area contributed by atoms with Gasteiger partial charge < -0.3 is 24.4 Å². The van der Waals surface area contributed by atoms with E-state index in [1.165, 1.54) is 12.8 Å². The molecule has 2 fully saturated rings. The van der Waals surface area contributed by atoms with Gasteiger partial charge in [-0.3, -0.25) is 4.79 Å². The summed E-state index contributed by atoms with van der Waals surface area (Å²) < 4.78 is 10.5. The van der Waals surface area contributed by atoms with E-state index < -0.39 is 5.60 Å². The number of carbonyl (C=O) groups excluding carboxylic acids is 1. The number of hydrogen-bond donors (Lipinski definition) is 1. The van der Waals surface area contributed by atoms with Crippen LogP contribution in [0, 0.1) is 0 Å². The van der Waals surface area contributed by atoms with Gasteiger partial charge in [0.05, 0.1) is 26.4 Å². The number of ether oxygens (including phenoxy) is 2. The van der Waals surface area contributed by atoms with E-state index >= 15 is 0 Å². The van der Waals surface area contributed by atoms with Gasteiger partial charge in [-0.2, -0.15) is 0 Å². The normalized spacial score (nSPS) is 24.4. The fraction of sp³-hybridized carbons (Fsp3) is 0.611. The van der Waals surface area contributed by atoms with Crippen LogP contribution in [0.15, 0.2) is 18.2 Å². The highest BCUT2D eigenvalue weighted by Gasteiger charge is 2.40. The lowest BCUT2D eigenvalue weighted by Crippen LogP contribution is -2.45. The maximum atomic E-state index is 12.8. The summed E-state index contributed by atoms with van der Waals surface area (Å²) >= 11 is 0. The number of aliphatic hydroxyl groups is 1. The van der Waals surface area contributed by atoms with Crippen LogP contribution < -0.4 is 9.47 Å². The van der Waals surface area contributed by atoms with Crippen LogP contribution in [-0.2, 0) is 0 Å². The topological polar surface area (TPSA) is 62.2 Å². The third-order valence-corrected chi connectivity index (χ3v) is 4.93. The molecular weight excluding hydrogens is 308 g/mol. The first-order valence-electron chi connectivity index (χ1n) is 8.50. The second-order valence-electron chi connectivity index (χ2n) is 6.79. The van der Waals surface area contributed by atoms with Crippen LogP contribution in [-0.4, -0.2) is 73.4 Å². The molecule has 0 aliphatic carbocycles. The lowest BCUT2D eigenvalue weighted by Gasteiger charge is -2.28. The Labute approximate surface area is 143 Å². The van der Waals surface area contributed by atoms with Gasteiger partial charge in [-0.25, -0.2) is 0 Å². The molecule has 0 bridgehead atoms. The number of rotatable bonds is 5. The lowest BCUT2D eigenvalue weighted by molar-refractivity contribution is 0.0175. The highest BCUT2D eigenvalue weighted by molar-refractivity contribution is 5.95. The maximum absolute atomic E-state index is 12.8. The molecular formula is C18H26N2O4. The predicted molar refractivity (Wildman–Crippen MR) is 90.7 cm³/mol. The molecule has 1 N–H and O–H groups in total. The summed E-state index contributed by atoms with van der Waals surface area (Å²) in [7, 11) is 3.13. The second-order valence-corrected chi connectivity index (χ2v) is 6.79. The largest absolute Gasteiger partial charge is 0.497 e. The molecule has 6 nitrogen and oxygen atoms in total. The van der Waals surface area contributed by atoms with Crippen LogP contribution in [0.5, 0.6) is 11.5 Å². The Morgan fingerprint density at radius 2 is 1.75 bits per heavy atom. The molecule has 2 heterocycles. The molecule has 6 heteroatoms. The van der Waals surface area contributed by atoms with Crippen molar-refractivity contribution in [1.29, 1.82) is 0 Å². The number of amides is 1. The Morgan fingerprint density at radius 1 is 1.12 bits per heavy atom. The van der Waals surface area contributed by atoms with Crippen LogP contribution in [0.25, 0.3) is 0 Å². The summed E-state index contributed by atoms with van der Waals surface area (Å²) in [4.78, 5) is 16.8. The van der Waals surface area contributed by atoms with Crippen molar-refractivity contribution in [3.05, 3.63) is 23.8 Å². The fourth-order valence-electron chi connectivity index (χ4n) is 3.63. The first-order chi connectivity index (χ1) is 11.5. The summed E-state index contributed by atoms with van der Waals surface area (Å²) in [5, 5.41) is 10.8. The number of carbonyl (C=O) groups is 1. The molecule has 1 amide bonds. The van der Waals surface area contributed by atoms with Crippen LogP contribution >= 0.6 is 0 Å². The van der Waals surface area contributed by atoms with E-state index in [0.29, 0.717) is 43.1 Å². The smallest absolute Gasteiger partial charge is 0.254 e. The van der Waals surface area contributed by atoms with Crippen LogP contribution in [0.3, 0.4) is 0 Å². The van der Waals surface area contributed by atoms with E-state index in [1.807, 2.05) is 0 Å². The Morgan fingerprint density at radius 3 is 2.33 bits per heavy atom. The van der Waals surface area contributed by atoms with E-state index in [2.05, 4.69) is 4.90 Å². The average molecular weight is 334 g/mol. The molecule has 3 rings (SSSR count). The van der Waals surface area contributed by atoms with Gasteiger partial charge in [0.2, 0.25) is 0 Å². The lowest BCUT2D eigenvalue weighted by atomic mass is 10.0. The highest BCUT2D eigenvalue weighted by atomic mass is 16.5. The van der Waals surface area contributed by atoms with Crippen LogP contribution in [0.4, 0.5) is 0 Å². The van der Waals surface area contributed by atoms with Gasteiger partial charge in [0.15, 0.2) is 0 Å². The molecule has 0 saturated carbocycles. The summed E-state index contributed by atoms with van der Waals surface area (Å²) in [5.41, 5.74) is -0.278. The van der Waals surface area contributed by atoms with Crippen molar-refractivity contribution in [3.63, 3.8) is 0 Å². The van der Waals surface area contributed by atoms with Crippen molar-refractivity contribution in [2.75, 3.05) is 46.9 Å². The van der Waals surface area contributed by atoms with Crippen molar-refractivity contribution in [2.45, 2.75) is 24.9 Å². The summed E-state index contributed by atoms with van der Waals surface area (Å²) in [6.07, 6.45) is 3.01. The number of hydrogen-bond acceptors (Lipinski definition) is 5. The average Bonchev–Trinajstić information content (AvgIpc) is 3.23. The zero-order valence-electron chi connectivity index (χ0n) is 14.5. The van der Waals surface area contributed by atoms with E-state index in [1.54, 1.807) is 37.3 Å². The standard InChI is InChI=1S/C18H26N2O4/c1-23-15-9-14(10-16(11-15)24-2)17(21)20-8-5-18(22,13-20)12-19-6-3-4-7-19/h9-11,22H,3-8,12-13H2,1-2H3. The number of β-amino-alcohol motifs (C(OH)–C–C–N with tert-alkyl or cyclic N) is 1. The summed E-state index contributed by atoms with van der Waals surface area (Å²) in [6, 6.07) is 5.16. The molecule has 0 radical (unpaired) electrons. The Bertz CT molecular complexity index is 578. The molecule has 2 aliphatic rings. The number of methoxy groups -OCH3 is 2. The minimum Gasteiger partial charge on any atom is -0.497 e. The minimum absolute atomic E-state index is 0.0930. The first-order valence-corrected chi connectivity index (χ1v) is 8.50. The molecule has 0 spiro atoms. The van der Waals surface area contributed by atoms with Gasteiger partial charge in [-0.1, -0.05) is 0 Å². The van der Waals surface area contributed by atoms with E-state index in [4.69, 9.17) is 9.47 Å². The second kappa shape index (κ2) is 6.99. The molecule has 2 aliphatic heterocycles. The van der Waals surface area contributed by atoms with Gasteiger partial charge in [0, 0.05) is 24.7 Å². The third-order valence-electron chi connectivity index (χ3n) is 4.93. The number of benzene rings is 1. The molecule has 24 heavy (non-hydrogen) atoms. The Balaban J connectivity index is 1.69. The predicted octanol–water partition coefficient (Wildman–Crippen LogP) is 1.38. The monoisotopic (exact) mass is 334 g/mol. The SMILES string of the molecule is COc1cc(OC)cc(C(=O)N2CCC(O)(CN3CCCC3)C2)c1. The van der Waals surface area contributed by atoms with Crippen molar-refractivity contribution < 1.29 is 19.4 Å². The van der Waals surface area contributed by atoms with E-state index in [-0.39, 0.29) is 5.91 Å². The van der Waals surface area contributed by atoms with Crippen molar-refractivity contribution >= 4 is 5.91 Å². The van der Waals surface area contributed by atoms with Gasteiger partial charge in [-0.05, 0) is 44.5 Å². The Kier molecular flexibility index (Phi) is 4.96. The molecule has 1 aromatic carbocycles. The fourth-order valence-corrected chi connectivity index (χ4v) is 3.63. The number of nitrogens with zero attached hydrogens (tertiary/aromatic N) is 2. The van der Waals surface area contributed by atoms with Gasteiger partial charge >= 0.3 is 0 Å². The molecule has 1 atom stereocenters. The zero-order chi connectivity index (χ0) is 17.2. The maximum Gasteiger partial charge on any atom is 0.254 e. The highest BCUT2D eigenvalue weighted by Crippen LogP contribution is 2.28. The van der Waals surface area contributed by atoms with Gasteiger partial charge in [0.25, 0.3) is 5.91 Å². The van der Waals surface area contributed by atoms with Crippen LogP contribution in [0.1, 0.15) is 29.6 Å². The van der Waals surface area contributed by atoms with Gasteiger partial charge in [-0.15, -0.1) is 0 Å². The van der Waals surface area contributed by atoms with Crippen molar-refractivity contribution in [1.82, 2.24) is 9.80 Å². The summed E-state index contributed by atoms with van der Waals surface area (Å²) in [5.74, 6) is 1.08.